The number of hydrazone groups is 1. The van der Waals surface area contributed by atoms with E-state index in [-0.39, 0.29) is 5.75 Å². The molecule has 0 aliphatic rings. The summed E-state index contributed by atoms with van der Waals surface area (Å²) in [5.74, 6) is 0.806. The Morgan fingerprint density at radius 1 is 1.20 bits per heavy atom. The van der Waals surface area contributed by atoms with Crippen molar-refractivity contribution < 1.29 is 14.2 Å². The number of hydrogen-bond acceptors (Lipinski definition) is 5. The van der Waals surface area contributed by atoms with Gasteiger partial charge < -0.3 is 9.84 Å². The summed E-state index contributed by atoms with van der Waals surface area (Å²) in [6.45, 7) is 3.66. The van der Waals surface area contributed by atoms with E-state index in [4.69, 9.17) is 4.74 Å². The van der Waals surface area contributed by atoms with Crippen molar-refractivity contribution in [2.45, 2.75) is 13.8 Å². The van der Waals surface area contributed by atoms with E-state index in [0.717, 1.165) is 22.2 Å². The molecule has 3 aromatic rings. The summed E-state index contributed by atoms with van der Waals surface area (Å²) < 4.78 is 18.6. The van der Waals surface area contributed by atoms with Crippen molar-refractivity contribution in [2.24, 2.45) is 5.10 Å². The maximum absolute atomic E-state index is 13.4. The van der Waals surface area contributed by atoms with E-state index in [1.807, 2.05) is 31.2 Å². The number of phenolic OH excluding ortho intramolecular Hbond substituents is 1. The molecule has 2 N–H and O–H groups in total. The quantitative estimate of drug-likeness (QED) is 0.551. The molecule has 0 saturated heterocycles. The molecule has 0 spiro atoms. The van der Waals surface area contributed by atoms with E-state index in [1.54, 1.807) is 14.0 Å². The molecule has 1 heterocycles. The van der Waals surface area contributed by atoms with Crippen LogP contribution in [-0.4, -0.2) is 22.9 Å². The van der Waals surface area contributed by atoms with Crippen LogP contribution in [0.3, 0.4) is 0 Å². The van der Waals surface area contributed by atoms with Crippen LogP contribution in [0, 0.1) is 12.7 Å². The normalized spacial score (nSPS) is 11.6. The van der Waals surface area contributed by atoms with Gasteiger partial charge in [-0.1, -0.05) is 0 Å². The molecule has 1 aromatic heterocycles. The summed E-state index contributed by atoms with van der Waals surface area (Å²) in [7, 11) is 1.61. The number of methoxy groups -OCH3 is 1. The number of aromatic nitrogens is 1. The third-order valence-electron chi connectivity index (χ3n) is 3.91. The van der Waals surface area contributed by atoms with E-state index >= 15 is 0 Å². The molecule has 6 heteroatoms. The standard InChI is InChI=1S/C19H18FN3O2/c1-11-8-19(21-17-10-14(25-3)5-6-15(11)17)23-22-12(2)16-9-13(20)4-7-18(16)24/h4-10,24H,1-3H3,(H,21,23)/b22-12+. The average molecular weight is 339 g/mol. The van der Waals surface area contributed by atoms with E-state index in [0.29, 0.717) is 17.1 Å². The molecule has 0 bridgehead atoms. The molecule has 0 amide bonds. The molecular weight excluding hydrogens is 321 g/mol. The average Bonchev–Trinajstić information content (AvgIpc) is 2.61. The van der Waals surface area contributed by atoms with Gasteiger partial charge in [-0.05, 0) is 55.8 Å². The van der Waals surface area contributed by atoms with Crippen LogP contribution in [0.2, 0.25) is 0 Å². The topological polar surface area (TPSA) is 66.7 Å². The molecular formula is C19H18FN3O2. The molecule has 2 aromatic carbocycles. The van der Waals surface area contributed by atoms with Crippen molar-refractivity contribution in [3.63, 3.8) is 0 Å². The summed E-state index contributed by atoms with van der Waals surface area (Å²) in [4.78, 5) is 4.52. The van der Waals surface area contributed by atoms with Crippen LogP contribution in [0.1, 0.15) is 18.1 Å². The number of rotatable bonds is 4. The first kappa shape index (κ1) is 16.7. The number of hydrogen-bond donors (Lipinski definition) is 2. The van der Waals surface area contributed by atoms with E-state index in [9.17, 15) is 9.50 Å². The Kier molecular flexibility index (Phi) is 4.52. The Labute approximate surface area is 144 Å². The van der Waals surface area contributed by atoms with Crippen molar-refractivity contribution in [1.29, 1.82) is 0 Å². The Balaban J connectivity index is 1.93. The first-order valence-electron chi connectivity index (χ1n) is 7.72. The van der Waals surface area contributed by atoms with Gasteiger partial charge in [0.15, 0.2) is 0 Å². The number of halogens is 1. The lowest BCUT2D eigenvalue weighted by Gasteiger charge is -2.09. The van der Waals surface area contributed by atoms with Crippen LogP contribution in [-0.2, 0) is 0 Å². The number of ether oxygens (including phenoxy) is 1. The summed E-state index contributed by atoms with van der Waals surface area (Å²) in [6, 6.07) is 11.3. The molecule has 0 aliphatic carbocycles. The van der Waals surface area contributed by atoms with Gasteiger partial charge in [0.05, 0.1) is 18.3 Å². The maximum Gasteiger partial charge on any atom is 0.147 e. The SMILES string of the molecule is COc1ccc2c(C)cc(N/N=C(\C)c3cc(F)ccc3O)nc2c1. The van der Waals surface area contributed by atoms with E-state index in [2.05, 4.69) is 15.5 Å². The second kappa shape index (κ2) is 6.76. The maximum atomic E-state index is 13.4. The zero-order chi connectivity index (χ0) is 18.0. The minimum Gasteiger partial charge on any atom is -0.507 e. The highest BCUT2D eigenvalue weighted by Gasteiger charge is 2.08. The smallest absolute Gasteiger partial charge is 0.147 e. The van der Waals surface area contributed by atoms with Crippen LogP contribution < -0.4 is 10.2 Å². The Morgan fingerprint density at radius 2 is 2.00 bits per heavy atom. The summed E-state index contributed by atoms with van der Waals surface area (Å²) in [5, 5.41) is 15.1. The van der Waals surface area contributed by atoms with Gasteiger partial charge in [-0.2, -0.15) is 5.10 Å². The Morgan fingerprint density at radius 3 is 2.76 bits per heavy atom. The third kappa shape index (κ3) is 3.52. The number of aryl methyl sites for hydroxylation is 1. The largest absolute Gasteiger partial charge is 0.507 e. The first-order chi connectivity index (χ1) is 12.0. The predicted octanol–water partition coefficient (Wildman–Crippen LogP) is 4.23. The van der Waals surface area contributed by atoms with E-state index < -0.39 is 5.82 Å². The Hall–Kier alpha value is -3.15. The van der Waals surface area contributed by atoms with Gasteiger partial charge in [-0.3, -0.25) is 5.43 Å². The minimum absolute atomic E-state index is 0.0307. The lowest BCUT2D eigenvalue weighted by molar-refractivity contribution is 0.415. The number of anilines is 1. The molecule has 25 heavy (non-hydrogen) atoms. The van der Waals surface area contributed by atoms with Gasteiger partial charge in [0.1, 0.15) is 23.1 Å². The number of aromatic hydroxyl groups is 1. The highest BCUT2D eigenvalue weighted by molar-refractivity contribution is 6.01. The van der Waals surface area contributed by atoms with Crippen LogP contribution >= 0.6 is 0 Å². The highest BCUT2D eigenvalue weighted by Crippen LogP contribution is 2.24. The first-order valence-corrected chi connectivity index (χ1v) is 7.72. The molecule has 0 radical (unpaired) electrons. The molecule has 0 atom stereocenters. The lowest BCUT2D eigenvalue weighted by atomic mass is 10.1. The number of pyridine rings is 1. The number of fused-ring (bicyclic) bond motifs is 1. The molecule has 0 aliphatic heterocycles. The zero-order valence-electron chi connectivity index (χ0n) is 14.2. The Bertz CT molecular complexity index is 970. The molecule has 0 saturated carbocycles. The van der Waals surface area contributed by atoms with Crippen molar-refractivity contribution in [3.05, 3.63) is 59.4 Å². The highest BCUT2D eigenvalue weighted by atomic mass is 19.1. The van der Waals surface area contributed by atoms with Gasteiger partial charge in [0.2, 0.25) is 0 Å². The second-order valence-electron chi connectivity index (χ2n) is 5.68. The lowest BCUT2D eigenvalue weighted by Crippen LogP contribution is -2.02. The minimum atomic E-state index is -0.436. The fraction of sp³-hybridized carbons (Fsp3) is 0.158. The molecule has 3 rings (SSSR count). The molecule has 0 unspecified atom stereocenters. The number of nitrogens with one attached hydrogen (secondary N) is 1. The monoisotopic (exact) mass is 339 g/mol. The van der Waals surface area contributed by atoms with Gasteiger partial charge in [0, 0.05) is 17.0 Å². The van der Waals surface area contributed by atoms with Gasteiger partial charge in [0.25, 0.3) is 0 Å². The zero-order valence-corrected chi connectivity index (χ0v) is 14.2. The van der Waals surface area contributed by atoms with Crippen molar-refractivity contribution in [2.75, 3.05) is 12.5 Å². The van der Waals surface area contributed by atoms with Crippen molar-refractivity contribution in [3.8, 4) is 11.5 Å². The number of phenols is 1. The molecule has 0 fully saturated rings. The number of benzene rings is 2. The molecule has 5 nitrogen and oxygen atoms in total. The third-order valence-corrected chi connectivity index (χ3v) is 3.91. The van der Waals surface area contributed by atoms with Gasteiger partial charge in [-0.25, -0.2) is 9.37 Å². The fourth-order valence-electron chi connectivity index (χ4n) is 2.57. The summed E-state index contributed by atoms with van der Waals surface area (Å²) in [6.07, 6.45) is 0. The fourth-order valence-corrected chi connectivity index (χ4v) is 2.57. The second-order valence-corrected chi connectivity index (χ2v) is 5.68. The van der Waals surface area contributed by atoms with Crippen LogP contribution in [0.4, 0.5) is 10.2 Å². The van der Waals surface area contributed by atoms with Crippen LogP contribution in [0.5, 0.6) is 11.5 Å². The van der Waals surface area contributed by atoms with Gasteiger partial charge >= 0.3 is 0 Å². The van der Waals surface area contributed by atoms with Crippen LogP contribution in [0.15, 0.2) is 47.6 Å². The summed E-state index contributed by atoms with van der Waals surface area (Å²) in [5.41, 5.74) is 5.45. The van der Waals surface area contributed by atoms with Gasteiger partial charge in [-0.15, -0.1) is 0 Å². The van der Waals surface area contributed by atoms with E-state index in [1.165, 1.54) is 18.2 Å². The summed E-state index contributed by atoms with van der Waals surface area (Å²) >= 11 is 0. The number of nitrogens with zero attached hydrogens (tertiary/aromatic N) is 2. The van der Waals surface area contributed by atoms with Crippen molar-refractivity contribution >= 4 is 22.4 Å². The molecule has 128 valence electrons. The van der Waals surface area contributed by atoms with Crippen LogP contribution in [0.25, 0.3) is 10.9 Å². The van der Waals surface area contributed by atoms with Crippen molar-refractivity contribution in [1.82, 2.24) is 4.98 Å². The predicted molar refractivity (Wildman–Crippen MR) is 96.9 cm³/mol.